The molecule has 0 unspecified atom stereocenters. The summed E-state index contributed by atoms with van der Waals surface area (Å²) in [6.45, 7) is 3.93. The van der Waals surface area contributed by atoms with E-state index in [1.165, 1.54) is 0 Å². The topological polar surface area (TPSA) is 26.3 Å². The number of halogens is 1. The standard InChI is InChI=1S/C12H13BrO2/c1-3-15-12(14)9(2)11(13)10-7-5-4-6-8-10/h4-8H,3H2,1-2H3/b11-9-. The fourth-order valence-corrected chi connectivity index (χ4v) is 1.56. The van der Waals surface area contributed by atoms with Gasteiger partial charge in [-0.25, -0.2) is 4.79 Å². The number of hydrogen-bond donors (Lipinski definition) is 0. The number of carbonyl (C=O) groups excluding carboxylic acids is 1. The molecule has 1 aromatic rings. The highest BCUT2D eigenvalue weighted by Gasteiger charge is 2.10. The molecule has 0 N–H and O–H groups in total. The summed E-state index contributed by atoms with van der Waals surface area (Å²) in [6, 6.07) is 9.66. The van der Waals surface area contributed by atoms with E-state index in [1.807, 2.05) is 30.3 Å². The Morgan fingerprint density at radius 3 is 2.47 bits per heavy atom. The van der Waals surface area contributed by atoms with E-state index in [0.29, 0.717) is 12.2 Å². The van der Waals surface area contributed by atoms with Crippen LogP contribution in [0.5, 0.6) is 0 Å². The van der Waals surface area contributed by atoms with E-state index in [2.05, 4.69) is 15.9 Å². The molecule has 0 aliphatic heterocycles. The molecule has 0 radical (unpaired) electrons. The Morgan fingerprint density at radius 1 is 1.33 bits per heavy atom. The summed E-state index contributed by atoms with van der Waals surface area (Å²) in [7, 11) is 0. The monoisotopic (exact) mass is 268 g/mol. The molecule has 0 aromatic heterocycles. The third-order valence-corrected chi connectivity index (χ3v) is 2.99. The Morgan fingerprint density at radius 2 is 1.93 bits per heavy atom. The zero-order valence-electron chi connectivity index (χ0n) is 8.79. The van der Waals surface area contributed by atoms with Gasteiger partial charge in [0.1, 0.15) is 0 Å². The predicted molar refractivity (Wildman–Crippen MR) is 64.6 cm³/mol. The quantitative estimate of drug-likeness (QED) is 0.621. The van der Waals surface area contributed by atoms with Crippen molar-refractivity contribution in [2.45, 2.75) is 13.8 Å². The summed E-state index contributed by atoms with van der Waals surface area (Å²) in [5, 5.41) is 0. The van der Waals surface area contributed by atoms with Crippen LogP contribution in [-0.2, 0) is 9.53 Å². The predicted octanol–water partition coefficient (Wildman–Crippen LogP) is 3.38. The molecule has 0 atom stereocenters. The van der Waals surface area contributed by atoms with Crippen molar-refractivity contribution in [1.82, 2.24) is 0 Å². The van der Waals surface area contributed by atoms with Crippen LogP contribution < -0.4 is 0 Å². The number of ether oxygens (including phenoxy) is 1. The maximum Gasteiger partial charge on any atom is 0.334 e. The second-order valence-corrected chi connectivity index (χ2v) is 3.82. The van der Waals surface area contributed by atoms with Crippen molar-refractivity contribution in [2.75, 3.05) is 6.61 Å². The van der Waals surface area contributed by atoms with Gasteiger partial charge in [0.05, 0.1) is 6.61 Å². The summed E-state index contributed by atoms with van der Waals surface area (Å²) in [5.74, 6) is -0.284. The van der Waals surface area contributed by atoms with Crippen LogP contribution in [0.2, 0.25) is 0 Å². The molecular weight excluding hydrogens is 256 g/mol. The van der Waals surface area contributed by atoms with Gasteiger partial charge in [0, 0.05) is 10.1 Å². The zero-order chi connectivity index (χ0) is 11.3. The second kappa shape index (κ2) is 5.71. The van der Waals surface area contributed by atoms with Crippen molar-refractivity contribution in [2.24, 2.45) is 0 Å². The lowest BCUT2D eigenvalue weighted by Crippen LogP contribution is -2.06. The summed E-state index contributed by atoms with van der Waals surface area (Å²) in [6.07, 6.45) is 0. The average Bonchev–Trinajstić information content (AvgIpc) is 2.28. The minimum atomic E-state index is -0.284. The van der Waals surface area contributed by atoms with E-state index in [4.69, 9.17) is 4.74 Å². The van der Waals surface area contributed by atoms with E-state index < -0.39 is 0 Å². The molecule has 15 heavy (non-hydrogen) atoms. The van der Waals surface area contributed by atoms with Gasteiger partial charge in [-0.3, -0.25) is 0 Å². The number of rotatable bonds is 3. The first-order valence-electron chi connectivity index (χ1n) is 4.75. The fraction of sp³-hybridized carbons (Fsp3) is 0.250. The molecule has 1 aromatic carbocycles. The van der Waals surface area contributed by atoms with Crippen molar-refractivity contribution in [1.29, 1.82) is 0 Å². The number of carbonyl (C=O) groups is 1. The van der Waals surface area contributed by atoms with E-state index in [-0.39, 0.29) is 5.97 Å². The van der Waals surface area contributed by atoms with Crippen LogP contribution in [0.1, 0.15) is 19.4 Å². The largest absolute Gasteiger partial charge is 0.463 e. The SMILES string of the molecule is CCOC(=O)/C(C)=C(\Br)c1ccccc1. The van der Waals surface area contributed by atoms with Crippen LogP contribution in [-0.4, -0.2) is 12.6 Å². The smallest absolute Gasteiger partial charge is 0.334 e. The van der Waals surface area contributed by atoms with Crippen LogP contribution in [0.15, 0.2) is 35.9 Å². The molecule has 3 heteroatoms. The first-order valence-corrected chi connectivity index (χ1v) is 5.55. The lowest BCUT2D eigenvalue weighted by Gasteiger charge is -2.05. The first-order chi connectivity index (χ1) is 7.16. The third kappa shape index (κ3) is 3.20. The lowest BCUT2D eigenvalue weighted by molar-refractivity contribution is -0.138. The van der Waals surface area contributed by atoms with Crippen molar-refractivity contribution in [3.05, 3.63) is 41.5 Å². The molecule has 0 saturated carbocycles. The van der Waals surface area contributed by atoms with E-state index in [9.17, 15) is 4.79 Å². The third-order valence-electron chi connectivity index (χ3n) is 1.94. The van der Waals surface area contributed by atoms with E-state index >= 15 is 0 Å². The molecule has 0 bridgehead atoms. The van der Waals surface area contributed by atoms with Crippen LogP contribution >= 0.6 is 15.9 Å². The van der Waals surface area contributed by atoms with Gasteiger partial charge in [-0.2, -0.15) is 0 Å². The summed E-state index contributed by atoms with van der Waals surface area (Å²) >= 11 is 3.40. The number of esters is 1. The van der Waals surface area contributed by atoms with Crippen LogP contribution in [0, 0.1) is 0 Å². The molecule has 0 aliphatic carbocycles. The second-order valence-electron chi connectivity index (χ2n) is 3.03. The maximum atomic E-state index is 11.4. The van der Waals surface area contributed by atoms with Gasteiger partial charge < -0.3 is 4.74 Å². The van der Waals surface area contributed by atoms with Crippen molar-refractivity contribution >= 4 is 26.4 Å². The minimum Gasteiger partial charge on any atom is -0.463 e. The van der Waals surface area contributed by atoms with Gasteiger partial charge in [-0.05, 0) is 35.3 Å². The highest BCUT2D eigenvalue weighted by molar-refractivity contribution is 9.15. The molecule has 0 heterocycles. The van der Waals surface area contributed by atoms with Crippen LogP contribution in [0.4, 0.5) is 0 Å². The van der Waals surface area contributed by atoms with Gasteiger partial charge in [-0.15, -0.1) is 0 Å². The van der Waals surface area contributed by atoms with Crippen molar-refractivity contribution in [3.8, 4) is 0 Å². The van der Waals surface area contributed by atoms with Crippen LogP contribution in [0.3, 0.4) is 0 Å². The Balaban J connectivity index is 2.95. The molecule has 80 valence electrons. The minimum absolute atomic E-state index is 0.284. The van der Waals surface area contributed by atoms with Crippen molar-refractivity contribution < 1.29 is 9.53 Å². The summed E-state index contributed by atoms with van der Waals surface area (Å²) in [5.41, 5.74) is 1.56. The molecule has 0 aliphatic rings. The van der Waals surface area contributed by atoms with Gasteiger partial charge in [-0.1, -0.05) is 30.3 Å². The summed E-state index contributed by atoms with van der Waals surface area (Å²) in [4.78, 5) is 11.4. The zero-order valence-corrected chi connectivity index (χ0v) is 10.4. The normalized spacial score (nSPS) is 11.9. The number of hydrogen-bond acceptors (Lipinski definition) is 2. The molecule has 0 fully saturated rings. The van der Waals surface area contributed by atoms with E-state index in [1.54, 1.807) is 13.8 Å². The fourth-order valence-electron chi connectivity index (χ4n) is 1.13. The summed E-state index contributed by atoms with van der Waals surface area (Å²) < 4.78 is 5.70. The van der Waals surface area contributed by atoms with Crippen molar-refractivity contribution in [3.63, 3.8) is 0 Å². The highest BCUT2D eigenvalue weighted by atomic mass is 79.9. The van der Waals surface area contributed by atoms with E-state index in [0.717, 1.165) is 10.0 Å². The Labute approximate surface area is 98.1 Å². The van der Waals surface area contributed by atoms with Gasteiger partial charge >= 0.3 is 5.97 Å². The first kappa shape index (κ1) is 12.0. The van der Waals surface area contributed by atoms with Gasteiger partial charge in [0.25, 0.3) is 0 Å². The Bertz CT molecular complexity index is 368. The molecule has 1 rings (SSSR count). The molecule has 2 nitrogen and oxygen atoms in total. The average molecular weight is 269 g/mol. The van der Waals surface area contributed by atoms with Crippen LogP contribution in [0.25, 0.3) is 4.48 Å². The molecular formula is C12H13BrO2. The molecule has 0 amide bonds. The maximum absolute atomic E-state index is 11.4. The number of benzene rings is 1. The molecule has 0 saturated heterocycles. The Hall–Kier alpha value is -1.09. The molecule has 0 spiro atoms. The van der Waals surface area contributed by atoms with Gasteiger partial charge in [0.15, 0.2) is 0 Å². The Kier molecular flexibility index (Phi) is 4.56. The lowest BCUT2D eigenvalue weighted by atomic mass is 10.1. The van der Waals surface area contributed by atoms with Gasteiger partial charge in [0.2, 0.25) is 0 Å². The highest BCUT2D eigenvalue weighted by Crippen LogP contribution is 2.25.